The SMILES string of the molecule is Cc1nonc1CN(C)CCCC(=O)O. The van der Waals surface area contributed by atoms with Gasteiger partial charge in [-0.1, -0.05) is 10.3 Å². The van der Waals surface area contributed by atoms with E-state index in [1.807, 2.05) is 18.9 Å². The van der Waals surface area contributed by atoms with E-state index in [1.165, 1.54) is 0 Å². The van der Waals surface area contributed by atoms with Gasteiger partial charge in [0, 0.05) is 13.0 Å². The molecule has 0 aliphatic heterocycles. The van der Waals surface area contributed by atoms with Gasteiger partial charge in [0.05, 0.1) is 0 Å². The van der Waals surface area contributed by atoms with Crippen molar-refractivity contribution in [3.8, 4) is 0 Å². The second kappa shape index (κ2) is 5.45. The van der Waals surface area contributed by atoms with Crippen LogP contribution in [0.15, 0.2) is 4.63 Å². The van der Waals surface area contributed by atoms with Gasteiger partial charge in [0.2, 0.25) is 0 Å². The molecular weight excluding hydrogens is 198 g/mol. The summed E-state index contributed by atoms with van der Waals surface area (Å²) in [6.07, 6.45) is 0.830. The Morgan fingerprint density at radius 2 is 2.27 bits per heavy atom. The molecule has 1 aromatic heterocycles. The molecule has 0 amide bonds. The Labute approximate surface area is 87.8 Å². The minimum absolute atomic E-state index is 0.195. The zero-order valence-corrected chi connectivity index (χ0v) is 8.93. The molecule has 0 aliphatic carbocycles. The van der Waals surface area contributed by atoms with Gasteiger partial charge in [-0.05, 0) is 26.9 Å². The Morgan fingerprint density at radius 1 is 1.53 bits per heavy atom. The maximum Gasteiger partial charge on any atom is 0.303 e. The third-order valence-corrected chi connectivity index (χ3v) is 2.10. The highest BCUT2D eigenvalue weighted by Crippen LogP contribution is 2.04. The molecule has 0 saturated heterocycles. The molecule has 1 aromatic rings. The van der Waals surface area contributed by atoms with E-state index in [0.717, 1.165) is 17.9 Å². The molecule has 0 aliphatic rings. The Hall–Kier alpha value is -1.43. The molecule has 0 aromatic carbocycles. The first-order valence-corrected chi connectivity index (χ1v) is 4.78. The van der Waals surface area contributed by atoms with Crippen molar-refractivity contribution < 1.29 is 14.5 Å². The van der Waals surface area contributed by atoms with Gasteiger partial charge < -0.3 is 10.0 Å². The summed E-state index contributed by atoms with van der Waals surface area (Å²) in [6, 6.07) is 0. The number of aryl methyl sites for hydroxylation is 1. The lowest BCUT2D eigenvalue weighted by molar-refractivity contribution is -0.137. The van der Waals surface area contributed by atoms with Crippen molar-refractivity contribution in [1.29, 1.82) is 0 Å². The van der Waals surface area contributed by atoms with Gasteiger partial charge in [0.15, 0.2) is 0 Å². The van der Waals surface area contributed by atoms with Crippen LogP contribution in [0.5, 0.6) is 0 Å². The largest absolute Gasteiger partial charge is 0.481 e. The molecule has 1 heterocycles. The van der Waals surface area contributed by atoms with Crippen molar-refractivity contribution in [2.24, 2.45) is 0 Å². The van der Waals surface area contributed by atoms with E-state index in [0.29, 0.717) is 13.0 Å². The van der Waals surface area contributed by atoms with Crippen LogP contribution in [0.2, 0.25) is 0 Å². The summed E-state index contributed by atoms with van der Waals surface area (Å²) in [6.45, 7) is 3.18. The number of aromatic nitrogens is 2. The maximum absolute atomic E-state index is 10.3. The van der Waals surface area contributed by atoms with Crippen molar-refractivity contribution in [3.05, 3.63) is 11.4 Å². The summed E-state index contributed by atoms with van der Waals surface area (Å²) in [5.41, 5.74) is 1.58. The van der Waals surface area contributed by atoms with Crippen LogP contribution in [0.3, 0.4) is 0 Å². The molecular formula is C9H15N3O3. The Kier molecular flexibility index (Phi) is 4.23. The standard InChI is InChI=1S/C9H15N3O3/c1-7-8(11-15-10-7)6-12(2)5-3-4-9(13)14/h3-6H2,1-2H3,(H,13,14). The van der Waals surface area contributed by atoms with E-state index in [-0.39, 0.29) is 6.42 Å². The van der Waals surface area contributed by atoms with Gasteiger partial charge in [-0.15, -0.1) is 0 Å². The highest BCUT2D eigenvalue weighted by Gasteiger charge is 2.08. The number of hydrogen-bond acceptors (Lipinski definition) is 5. The topological polar surface area (TPSA) is 79.5 Å². The summed E-state index contributed by atoms with van der Waals surface area (Å²) in [7, 11) is 1.91. The van der Waals surface area contributed by atoms with Crippen molar-refractivity contribution in [2.45, 2.75) is 26.3 Å². The minimum Gasteiger partial charge on any atom is -0.481 e. The normalized spacial score (nSPS) is 10.9. The minimum atomic E-state index is -0.761. The first kappa shape index (κ1) is 11.6. The van der Waals surface area contributed by atoms with Crippen molar-refractivity contribution >= 4 is 5.97 Å². The Morgan fingerprint density at radius 3 is 2.80 bits per heavy atom. The smallest absolute Gasteiger partial charge is 0.303 e. The third-order valence-electron chi connectivity index (χ3n) is 2.10. The molecule has 15 heavy (non-hydrogen) atoms. The zero-order valence-electron chi connectivity index (χ0n) is 8.93. The fraction of sp³-hybridized carbons (Fsp3) is 0.667. The third kappa shape index (κ3) is 4.07. The molecule has 6 heteroatoms. The molecule has 0 atom stereocenters. The predicted octanol–water partition coefficient (Wildman–Crippen LogP) is 0.675. The van der Waals surface area contributed by atoms with Crippen LogP contribution in [-0.4, -0.2) is 39.9 Å². The highest BCUT2D eigenvalue weighted by molar-refractivity contribution is 5.66. The number of nitrogens with zero attached hydrogens (tertiary/aromatic N) is 3. The molecule has 0 saturated carbocycles. The molecule has 84 valence electrons. The van der Waals surface area contributed by atoms with E-state index in [9.17, 15) is 4.79 Å². The summed E-state index contributed by atoms with van der Waals surface area (Å²) < 4.78 is 4.57. The second-order valence-corrected chi connectivity index (χ2v) is 3.53. The summed E-state index contributed by atoms with van der Waals surface area (Å²) in [5, 5.41) is 15.9. The van der Waals surface area contributed by atoms with Crippen LogP contribution >= 0.6 is 0 Å². The van der Waals surface area contributed by atoms with Gasteiger partial charge in [-0.2, -0.15) is 0 Å². The highest BCUT2D eigenvalue weighted by atomic mass is 16.6. The molecule has 0 fully saturated rings. The Balaban J connectivity index is 2.27. The fourth-order valence-corrected chi connectivity index (χ4v) is 1.23. The van der Waals surface area contributed by atoms with Crippen LogP contribution in [0.25, 0.3) is 0 Å². The fourth-order valence-electron chi connectivity index (χ4n) is 1.23. The van der Waals surface area contributed by atoms with Gasteiger partial charge in [-0.3, -0.25) is 4.79 Å². The van der Waals surface area contributed by atoms with Crippen molar-refractivity contribution in [3.63, 3.8) is 0 Å². The summed E-state index contributed by atoms with van der Waals surface area (Å²) in [5.74, 6) is -0.761. The summed E-state index contributed by atoms with van der Waals surface area (Å²) >= 11 is 0. The van der Waals surface area contributed by atoms with E-state index in [4.69, 9.17) is 5.11 Å². The Bertz CT molecular complexity index is 324. The molecule has 6 nitrogen and oxygen atoms in total. The maximum atomic E-state index is 10.3. The quantitative estimate of drug-likeness (QED) is 0.748. The molecule has 0 spiro atoms. The number of carboxylic acids is 1. The lowest BCUT2D eigenvalue weighted by atomic mass is 10.3. The first-order valence-electron chi connectivity index (χ1n) is 4.78. The van der Waals surface area contributed by atoms with Gasteiger partial charge >= 0.3 is 5.97 Å². The number of rotatable bonds is 6. The second-order valence-electron chi connectivity index (χ2n) is 3.53. The number of carbonyl (C=O) groups is 1. The van der Waals surface area contributed by atoms with Gasteiger partial charge in [-0.25, -0.2) is 4.63 Å². The van der Waals surface area contributed by atoms with E-state index < -0.39 is 5.97 Å². The van der Waals surface area contributed by atoms with E-state index >= 15 is 0 Å². The molecule has 0 bridgehead atoms. The van der Waals surface area contributed by atoms with Gasteiger partial charge in [0.25, 0.3) is 0 Å². The molecule has 1 N–H and O–H groups in total. The monoisotopic (exact) mass is 213 g/mol. The zero-order chi connectivity index (χ0) is 11.3. The molecule has 0 radical (unpaired) electrons. The predicted molar refractivity (Wildman–Crippen MR) is 52.2 cm³/mol. The van der Waals surface area contributed by atoms with Crippen LogP contribution < -0.4 is 0 Å². The van der Waals surface area contributed by atoms with Crippen LogP contribution in [0, 0.1) is 6.92 Å². The van der Waals surface area contributed by atoms with Gasteiger partial charge in [0.1, 0.15) is 11.4 Å². The molecule has 1 rings (SSSR count). The number of hydrogen-bond donors (Lipinski definition) is 1. The lowest BCUT2D eigenvalue weighted by Crippen LogP contribution is -2.20. The first-order chi connectivity index (χ1) is 7.09. The average Bonchev–Trinajstić information content (AvgIpc) is 2.51. The van der Waals surface area contributed by atoms with Crippen molar-refractivity contribution in [1.82, 2.24) is 15.2 Å². The van der Waals surface area contributed by atoms with Crippen LogP contribution in [-0.2, 0) is 11.3 Å². The number of aliphatic carboxylic acids is 1. The molecule has 0 unspecified atom stereocenters. The van der Waals surface area contributed by atoms with E-state index in [2.05, 4.69) is 14.9 Å². The lowest BCUT2D eigenvalue weighted by Gasteiger charge is -2.13. The van der Waals surface area contributed by atoms with Crippen LogP contribution in [0.4, 0.5) is 0 Å². The number of carboxylic acid groups (broad SMARTS) is 1. The van der Waals surface area contributed by atoms with Crippen LogP contribution in [0.1, 0.15) is 24.2 Å². The van der Waals surface area contributed by atoms with Crippen molar-refractivity contribution in [2.75, 3.05) is 13.6 Å². The summed E-state index contributed by atoms with van der Waals surface area (Å²) in [4.78, 5) is 12.3. The van der Waals surface area contributed by atoms with E-state index in [1.54, 1.807) is 0 Å². The average molecular weight is 213 g/mol.